The van der Waals surface area contributed by atoms with Crippen molar-refractivity contribution in [2.24, 2.45) is 5.92 Å². The maximum Gasteiger partial charge on any atom is 0.417 e. The Hall–Kier alpha value is -2.45. The van der Waals surface area contributed by atoms with Crippen molar-refractivity contribution in [3.8, 4) is 0 Å². The summed E-state index contributed by atoms with van der Waals surface area (Å²) in [5.74, 6) is 0.660. The molecule has 0 saturated carbocycles. The molecule has 164 valence electrons. The molecule has 3 aromatic rings. The van der Waals surface area contributed by atoms with Crippen LogP contribution in [-0.2, 0) is 23.6 Å². The lowest BCUT2D eigenvalue weighted by atomic mass is 10.0. The number of aromatic nitrogens is 1. The second kappa shape index (κ2) is 8.59. The Morgan fingerprint density at radius 1 is 1.03 bits per heavy atom. The molecule has 2 aromatic carbocycles. The van der Waals surface area contributed by atoms with Crippen LogP contribution in [0.4, 0.5) is 13.2 Å². The fourth-order valence-corrected chi connectivity index (χ4v) is 5.11. The van der Waals surface area contributed by atoms with Crippen LogP contribution in [0, 0.1) is 5.92 Å². The van der Waals surface area contributed by atoms with E-state index in [0.717, 1.165) is 36.4 Å². The normalized spacial score (nSPS) is 17.2. The number of piperidine rings is 1. The Labute approximate surface area is 180 Å². The van der Waals surface area contributed by atoms with Crippen LogP contribution in [0.5, 0.6) is 0 Å². The Morgan fingerprint density at radius 3 is 2.32 bits per heavy atom. The Morgan fingerprint density at radius 2 is 1.68 bits per heavy atom. The van der Waals surface area contributed by atoms with Crippen LogP contribution in [0.25, 0.3) is 10.9 Å². The zero-order valence-corrected chi connectivity index (χ0v) is 17.9. The smallest absolute Gasteiger partial charge is 0.322 e. The first-order valence-electron chi connectivity index (χ1n) is 10.2. The number of halogens is 3. The monoisotopic (exact) mass is 448 g/mol. The van der Waals surface area contributed by atoms with E-state index in [2.05, 4.69) is 11.9 Å². The van der Waals surface area contributed by atoms with Gasteiger partial charge in [0.05, 0.1) is 10.5 Å². The Balaban J connectivity index is 1.55. The van der Waals surface area contributed by atoms with Crippen molar-refractivity contribution in [3.05, 3.63) is 75.6 Å². The molecule has 8 heteroatoms. The summed E-state index contributed by atoms with van der Waals surface area (Å²) in [5, 5.41) is -0.0262. The summed E-state index contributed by atoms with van der Waals surface area (Å²) in [6.45, 7) is 3.84. The molecule has 1 aliphatic rings. The minimum atomic E-state index is -4.61. The largest absolute Gasteiger partial charge is 0.417 e. The van der Waals surface area contributed by atoms with Crippen molar-refractivity contribution in [1.82, 2.24) is 9.29 Å². The minimum Gasteiger partial charge on any atom is -0.322 e. The molecule has 4 rings (SSSR count). The third-order valence-electron chi connectivity index (χ3n) is 5.72. The number of hydrogen-bond donors (Lipinski definition) is 1. The van der Waals surface area contributed by atoms with Gasteiger partial charge in [0.15, 0.2) is 0 Å². The zero-order valence-electron chi connectivity index (χ0n) is 17.0. The number of H-pyrrole nitrogens is 1. The fraction of sp³-hybridized carbons (Fsp3) is 0.348. The number of pyridine rings is 1. The van der Waals surface area contributed by atoms with Crippen molar-refractivity contribution in [3.63, 3.8) is 0 Å². The number of fused-ring (bicyclic) bond motifs is 1. The van der Waals surface area contributed by atoms with E-state index in [1.54, 1.807) is 6.07 Å². The van der Waals surface area contributed by atoms with Gasteiger partial charge in [0.25, 0.3) is 0 Å². The Bertz CT molecular complexity index is 1160. The quantitative estimate of drug-likeness (QED) is 0.618. The predicted octanol–water partition coefficient (Wildman–Crippen LogP) is 4.89. The van der Waals surface area contributed by atoms with Crippen molar-refractivity contribution in [2.45, 2.75) is 37.3 Å². The van der Waals surface area contributed by atoms with Crippen LogP contribution in [0.3, 0.4) is 0 Å². The molecule has 1 unspecified atom stereocenters. The standard InChI is InChI=1S/C23H23F3N2O2S/c1-15-8-10-28(11-9-15)31(30)18-5-2-16(3-6-18)12-17-4-7-21-19(13-17)20(23(24,25)26)14-22(29)27-21/h2-7,13-15H,8-12H2,1H3,(H,27,29). The molecule has 2 heterocycles. The SMILES string of the molecule is CC1CCN(S(=O)c2ccc(Cc3ccc4[nH]c(=O)cc(C(F)(F)F)c4c3)cc2)CC1. The molecule has 0 amide bonds. The second-order valence-corrected chi connectivity index (χ2v) is 9.59. The maximum absolute atomic E-state index is 13.4. The summed E-state index contributed by atoms with van der Waals surface area (Å²) in [7, 11) is -1.20. The van der Waals surface area contributed by atoms with Gasteiger partial charge in [-0.2, -0.15) is 13.2 Å². The number of rotatable bonds is 4. The first-order valence-corrected chi connectivity index (χ1v) is 11.3. The molecule has 1 atom stereocenters. The average molecular weight is 449 g/mol. The average Bonchev–Trinajstić information content (AvgIpc) is 2.73. The highest BCUT2D eigenvalue weighted by Crippen LogP contribution is 2.33. The van der Waals surface area contributed by atoms with E-state index in [4.69, 9.17) is 0 Å². The van der Waals surface area contributed by atoms with Gasteiger partial charge in [0.1, 0.15) is 11.0 Å². The minimum absolute atomic E-state index is 0.0262. The van der Waals surface area contributed by atoms with Crippen molar-refractivity contribution in [1.29, 1.82) is 0 Å². The fourth-order valence-electron chi connectivity index (χ4n) is 3.90. The molecule has 1 N–H and O–H groups in total. The van der Waals surface area contributed by atoms with E-state index in [1.165, 1.54) is 12.1 Å². The zero-order chi connectivity index (χ0) is 22.2. The third kappa shape index (κ3) is 4.91. The molecule has 1 fully saturated rings. The van der Waals surface area contributed by atoms with Gasteiger partial charge in [-0.1, -0.05) is 25.1 Å². The van der Waals surface area contributed by atoms with Crippen LogP contribution in [0.1, 0.15) is 36.5 Å². The topological polar surface area (TPSA) is 53.2 Å². The number of aromatic amines is 1. The lowest BCUT2D eigenvalue weighted by Crippen LogP contribution is -2.34. The van der Waals surface area contributed by atoms with Crippen molar-refractivity contribution in [2.75, 3.05) is 13.1 Å². The van der Waals surface area contributed by atoms with Crippen molar-refractivity contribution < 1.29 is 17.4 Å². The van der Waals surface area contributed by atoms with E-state index in [9.17, 15) is 22.2 Å². The van der Waals surface area contributed by atoms with Gasteiger partial charge in [-0.3, -0.25) is 4.79 Å². The highest BCUT2D eigenvalue weighted by molar-refractivity contribution is 7.82. The number of benzene rings is 2. The van der Waals surface area contributed by atoms with E-state index in [1.807, 2.05) is 28.6 Å². The van der Waals surface area contributed by atoms with Crippen LogP contribution in [0.15, 0.2) is 58.2 Å². The van der Waals surface area contributed by atoms with Crippen LogP contribution in [0.2, 0.25) is 0 Å². The first-order chi connectivity index (χ1) is 14.7. The summed E-state index contributed by atoms with van der Waals surface area (Å²) in [4.78, 5) is 14.7. The second-order valence-electron chi connectivity index (χ2n) is 8.11. The van der Waals surface area contributed by atoms with Gasteiger partial charge in [-0.05, 0) is 60.6 Å². The summed E-state index contributed by atoms with van der Waals surface area (Å²) in [6.07, 6.45) is -2.10. The molecule has 4 nitrogen and oxygen atoms in total. The number of nitrogens with one attached hydrogen (secondary N) is 1. The maximum atomic E-state index is 13.4. The summed E-state index contributed by atoms with van der Waals surface area (Å²) in [5.41, 5.74) is 0.0495. The first kappa shape index (κ1) is 21.8. The molecule has 1 aromatic heterocycles. The molecule has 0 aliphatic carbocycles. The van der Waals surface area contributed by atoms with Gasteiger partial charge < -0.3 is 4.98 Å². The molecular weight excluding hydrogens is 425 g/mol. The van der Waals surface area contributed by atoms with E-state index >= 15 is 0 Å². The van der Waals surface area contributed by atoms with Gasteiger partial charge in [-0.15, -0.1) is 0 Å². The Kier molecular flexibility index (Phi) is 6.03. The van der Waals surface area contributed by atoms with Gasteiger partial charge >= 0.3 is 6.18 Å². The van der Waals surface area contributed by atoms with Gasteiger partial charge in [0.2, 0.25) is 5.56 Å². The molecular formula is C23H23F3N2O2S. The number of nitrogens with zero attached hydrogens (tertiary/aromatic N) is 1. The lowest BCUT2D eigenvalue weighted by Gasteiger charge is -2.28. The third-order valence-corrected chi connectivity index (χ3v) is 7.23. The predicted molar refractivity (Wildman–Crippen MR) is 115 cm³/mol. The molecule has 0 radical (unpaired) electrons. The number of hydrogen-bond acceptors (Lipinski definition) is 2. The molecule has 31 heavy (non-hydrogen) atoms. The molecule has 1 aliphatic heterocycles. The summed E-state index contributed by atoms with van der Waals surface area (Å²) in [6, 6.07) is 12.6. The lowest BCUT2D eigenvalue weighted by molar-refractivity contribution is -0.136. The van der Waals surface area contributed by atoms with Crippen LogP contribution < -0.4 is 5.56 Å². The highest BCUT2D eigenvalue weighted by atomic mass is 32.2. The summed E-state index contributed by atoms with van der Waals surface area (Å²) >= 11 is 0. The molecule has 1 saturated heterocycles. The summed E-state index contributed by atoms with van der Waals surface area (Å²) < 4.78 is 54.9. The van der Waals surface area contributed by atoms with E-state index in [0.29, 0.717) is 24.0 Å². The van der Waals surface area contributed by atoms with Crippen molar-refractivity contribution >= 4 is 21.9 Å². The van der Waals surface area contributed by atoms with E-state index < -0.39 is 28.3 Å². The molecule has 0 bridgehead atoms. The van der Waals surface area contributed by atoms with Gasteiger partial charge in [-0.25, -0.2) is 8.51 Å². The highest BCUT2D eigenvalue weighted by Gasteiger charge is 2.33. The van der Waals surface area contributed by atoms with E-state index in [-0.39, 0.29) is 10.9 Å². The van der Waals surface area contributed by atoms with Gasteiger partial charge in [0, 0.05) is 30.1 Å². The van der Waals surface area contributed by atoms with Crippen LogP contribution >= 0.6 is 0 Å². The van der Waals surface area contributed by atoms with Crippen LogP contribution in [-0.4, -0.2) is 26.6 Å². The number of alkyl halides is 3. The molecule has 0 spiro atoms.